The van der Waals surface area contributed by atoms with Crippen LogP contribution < -0.4 is 4.90 Å². The van der Waals surface area contributed by atoms with E-state index in [2.05, 4.69) is 0 Å². The molecule has 2 rings (SSSR count). The minimum atomic E-state index is -4.71. The Balaban J connectivity index is 2.41. The minimum absolute atomic E-state index is 0.0417. The standard InChI is InChI=1S/C13H10F3NO4/c14-13(15,16)8-4-1-3-7-10(8)17(12(21)11(7)20)6-2-5-9(18)19/h1,3-4H,2,5-6H2,(H,18,19). The van der Waals surface area contributed by atoms with E-state index in [1.807, 2.05) is 0 Å². The first-order valence-corrected chi connectivity index (χ1v) is 6.01. The van der Waals surface area contributed by atoms with E-state index in [-0.39, 0.29) is 24.9 Å². The molecule has 0 fully saturated rings. The van der Waals surface area contributed by atoms with Gasteiger partial charge < -0.3 is 10.0 Å². The zero-order valence-electron chi connectivity index (χ0n) is 10.6. The topological polar surface area (TPSA) is 74.7 Å². The normalized spacial score (nSPS) is 14.5. The molecule has 1 aliphatic heterocycles. The van der Waals surface area contributed by atoms with E-state index in [0.29, 0.717) is 4.90 Å². The lowest BCUT2D eigenvalue weighted by Gasteiger charge is -2.20. The largest absolute Gasteiger partial charge is 0.481 e. The van der Waals surface area contributed by atoms with Crippen LogP contribution in [0.1, 0.15) is 28.8 Å². The fraction of sp³-hybridized carbons (Fsp3) is 0.308. The number of Topliss-reactive ketones (excluding diaryl/α,β-unsaturated/α-hetero) is 1. The van der Waals surface area contributed by atoms with Gasteiger partial charge in [0.2, 0.25) is 0 Å². The number of benzene rings is 1. The molecule has 1 aromatic carbocycles. The van der Waals surface area contributed by atoms with Crippen molar-refractivity contribution >= 4 is 23.3 Å². The highest BCUT2D eigenvalue weighted by atomic mass is 19.4. The predicted octanol–water partition coefficient (Wildman–Crippen LogP) is 2.10. The number of amides is 1. The van der Waals surface area contributed by atoms with E-state index < -0.39 is 35.1 Å². The van der Waals surface area contributed by atoms with Crippen LogP contribution in [0.15, 0.2) is 18.2 Å². The van der Waals surface area contributed by atoms with Crippen LogP contribution in [-0.2, 0) is 15.8 Å². The van der Waals surface area contributed by atoms with Crippen LogP contribution in [0.2, 0.25) is 0 Å². The Morgan fingerprint density at radius 3 is 2.48 bits per heavy atom. The highest BCUT2D eigenvalue weighted by Gasteiger charge is 2.43. The van der Waals surface area contributed by atoms with Crippen LogP contribution in [0, 0.1) is 0 Å². The van der Waals surface area contributed by atoms with Gasteiger partial charge in [-0.1, -0.05) is 6.07 Å². The zero-order chi connectivity index (χ0) is 15.8. The first-order valence-electron chi connectivity index (χ1n) is 6.01. The summed E-state index contributed by atoms with van der Waals surface area (Å²) in [5.74, 6) is -3.20. The van der Waals surface area contributed by atoms with Gasteiger partial charge in [-0.25, -0.2) is 0 Å². The number of anilines is 1. The maximum Gasteiger partial charge on any atom is 0.418 e. The van der Waals surface area contributed by atoms with Crippen LogP contribution in [0.5, 0.6) is 0 Å². The molecule has 5 nitrogen and oxygen atoms in total. The lowest BCUT2D eigenvalue weighted by atomic mass is 10.1. The van der Waals surface area contributed by atoms with Crippen LogP contribution in [-0.4, -0.2) is 29.3 Å². The number of nitrogens with zero attached hydrogens (tertiary/aromatic N) is 1. The highest BCUT2D eigenvalue weighted by Crippen LogP contribution is 2.41. The molecule has 0 unspecified atom stereocenters. The Bertz CT molecular complexity index is 624. The number of carboxylic acid groups (broad SMARTS) is 1. The molecule has 8 heteroatoms. The number of hydrogen-bond donors (Lipinski definition) is 1. The monoisotopic (exact) mass is 301 g/mol. The highest BCUT2D eigenvalue weighted by molar-refractivity contribution is 6.52. The molecule has 0 spiro atoms. The molecular formula is C13H10F3NO4. The van der Waals surface area contributed by atoms with Crippen LogP contribution in [0.3, 0.4) is 0 Å². The summed E-state index contributed by atoms with van der Waals surface area (Å²) in [4.78, 5) is 34.6. The summed E-state index contributed by atoms with van der Waals surface area (Å²) < 4.78 is 38.9. The molecule has 0 atom stereocenters. The summed E-state index contributed by atoms with van der Waals surface area (Å²) in [7, 11) is 0. The first kappa shape index (κ1) is 15.0. The van der Waals surface area contributed by atoms with Gasteiger partial charge in [0.05, 0.1) is 16.8 Å². The number of halogens is 3. The molecule has 1 amide bonds. The van der Waals surface area contributed by atoms with Gasteiger partial charge in [0, 0.05) is 13.0 Å². The Labute approximate surface area is 117 Å². The second-order valence-electron chi connectivity index (χ2n) is 4.48. The molecule has 1 aliphatic rings. The Morgan fingerprint density at radius 2 is 1.90 bits per heavy atom. The number of fused-ring (bicyclic) bond motifs is 1. The smallest absolute Gasteiger partial charge is 0.418 e. The van der Waals surface area contributed by atoms with Crippen LogP contribution in [0.4, 0.5) is 18.9 Å². The second-order valence-corrected chi connectivity index (χ2v) is 4.48. The molecule has 0 bridgehead atoms. The van der Waals surface area contributed by atoms with Gasteiger partial charge in [0.25, 0.3) is 11.7 Å². The number of alkyl halides is 3. The molecule has 0 aliphatic carbocycles. The number of rotatable bonds is 4. The molecule has 1 aromatic rings. The Morgan fingerprint density at radius 1 is 1.24 bits per heavy atom. The third-order valence-corrected chi connectivity index (χ3v) is 3.07. The van der Waals surface area contributed by atoms with E-state index in [4.69, 9.17) is 5.11 Å². The van der Waals surface area contributed by atoms with Crippen molar-refractivity contribution in [1.82, 2.24) is 0 Å². The number of carboxylic acids is 1. The number of ketones is 1. The molecule has 0 radical (unpaired) electrons. The summed E-state index contributed by atoms with van der Waals surface area (Å²) in [6, 6.07) is 3.00. The van der Waals surface area contributed by atoms with E-state index in [9.17, 15) is 27.6 Å². The average molecular weight is 301 g/mol. The first-order chi connectivity index (χ1) is 9.73. The fourth-order valence-corrected chi connectivity index (χ4v) is 2.19. The maximum atomic E-state index is 13.0. The lowest BCUT2D eigenvalue weighted by molar-refractivity contribution is -0.138. The van der Waals surface area contributed by atoms with Crippen molar-refractivity contribution in [1.29, 1.82) is 0 Å². The average Bonchev–Trinajstić information content (AvgIpc) is 2.62. The van der Waals surface area contributed by atoms with E-state index in [0.717, 1.165) is 18.2 Å². The van der Waals surface area contributed by atoms with Crippen molar-refractivity contribution in [3.8, 4) is 0 Å². The number of carbonyl (C=O) groups excluding carboxylic acids is 2. The van der Waals surface area contributed by atoms with Gasteiger partial charge in [-0.05, 0) is 18.6 Å². The van der Waals surface area contributed by atoms with E-state index in [1.165, 1.54) is 0 Å². The molecule has 0 saturated carbocycles. The van der Waals surface area contributed by atoms with E-state index >= 15 is 0 Å². The van der Waals surface area contributed by atoms with Crippen molar-refractivity contribution < 1.29 is 32.7 Å². The molecule has 21 heavy (non-hydrogen) atoms. The summed E-state index contributed by atoms with van der Waals surface area (Å²) in [6.07, 6.45) is -5.05. The fourth-order valence-electron chi connectivity index (χ4n) is 2.19. The summed E-state index contributed by atoms with van der Waals surface area (Å²) in [6.45, 7) is -0.253. The molecule has 0 saturated heterocycles. The van der Waals surface area contributed by atoms with Gasteiger partial charge in [0.15, 0.2) is 0 Å². The van der Waals surface area contributed by atoms with Crippen LogP contribution in [0.25, 0.3) is 0 Å². The van der Waals surface area contributed by atoms with Crippen LogP contribution >= 0.6 is 0 Å². The predicted molar refractivity (Wildman–Crippen MR) is 65.0 cm³/mol. The number of hydrogen-bond acceptors (Lipinski definition) is 3. The molecule has 112 valence electrons. The molecule has 0 aromatic heterocycles. The molecule has 1 N–H and O–H groups in total. The van der Waals surface area contributed by atoms with Crippen molar-refractivity contribution in [2.75, 3.05) is 11.4 Å². The van der Waals surface area contributed by atoms with Crippen molar-refractivity contribution in [3.05, 3.63) is 29.3 Å². The third-order valence-electron chi connectivity index (χ3n) is 3.07. The number of para-hydroxylation sites is 1. The van der Waals surface area contributed by atoms with Gasteiger partial charge in [-0.15, -0.1) is 0 Å². The van der Waals surface area contributed by atoms with Gasteiger partial charge in [-0.3, -0.25) is 14.4 Å². The van der Waals surface area contributed by atoms with Gasteiger partial charge >= 0.3 is 12.1 Å². The Hall–Kier alpha value is -2.38. The van der Waals surface area contributed by atoms with Crippen molar-refractivity contribution in [2.45, 2.75) is 19.0 Å². The number of aliphatic carboxylic acids is 1. The molecule has 1 heterocycles. The van der Waals surface area contributed by atoms with Gasteiger partial charge in [0.1, 0.15) is 0 Å². The minimum Gasteiger partial charge on any atom is -0.481 e. The summed E-state index contributed by atoms with van der Waals surface area (Å²) >= 11 is 0. The maximum absolute atomic E-state index is 13.0. The van der Waals surface area contributed by atoms with Crippen molar-refractivity contribution in [3.63, 3.8) is 0 Å². The van der Waals surface area contributed by atoms with Crippen molar-refractivity contribution in [2.24, 2.45) is 0 Å². The summed E-state index contributed by atoms with van der Waals surface area (Å²) in [5.41, 5.74) is -1.86. The zero-order valence-corrected chi connectivity index (χ0v) is 10.6. The molecular weight excluding hydrogens is 291 g/mol. The quantitative estimate of drug-likeness (QED) is 0.864. The number of carbonyl (C=O) groups is 3. The Kier molecular flexibility index (Phi) is 3.71. The SMILES string of the molecule is O=C(O)CCCN1C(=O)C(=O)c2cccc(C(F)(F)F)c21. The third kappa shape index (κ3) is 2.74. The van der Waals surface area contributed by atoms with Gasteiger partial charge in [-0.2, -0.15) is 13.2 Å². The lowest BCUT2D eigenvalue weighted by Crippen LogP contribution is -2.32. The van der Waals surface area contributed by atoms with E-state index in [1.54, 1.807) is 0 Å². The second kappa shape index (κ2) is 5.19. The summed E-state index contributed by atoms with van der Waals surface area (Å²) in [5, 5.41) is 8.53.